The fourth-order valence-electron chi connectivity index (χ4n) is 4.18. The second-order valence-electron chi connectivity index (χ2n) is 8.11. The van der Waals surface area contributed by atoms with E-state index in [-0.39, 0.29) is 19.0 Å². The lowest BCUT2D eigenvalue weighted by Crippen LogP contribution is -2.38. The minimum atomic E-state index is -0.325. The lowest BCUT2D eigenvalue weighted by atomic mass is 10.0. The third kappa shape index (κ3) is 5.85. The number of aliphatic hydroxyl groups excluding tert-OH is 1. The summed E-state index contributed by atoms with van der Waals surface area (Å²) in [6.45, 7) is 4.51. The second kappa shape index (κ2) is 11.0. The summed E-state index contributed by atoms with van der Waals surface area (Å²) in [4.78, 5) is 6.66. The van der Waals surface area contributed by atoms with Gasteiger partial charge < -0.3 is 19.9 Å². The Morgan fingerprint density at radius 2 is 1.94 bits per heavy atom. The van der Waals surface area contributed by atoms with Gasteiger partial charge >= 0.3 is 0 Å². The first-order valence-corrected chi connectivity index (χ1v) is 11.7. The maximum atomic E-state index is 14.7. The summed E-state index contributed by atoms with van der Waals surface area (Å²) in [5.41, 5.74) is 2.51. The third-order valence-corrected chi connectivity index (χ3v) is 6.04. The number of aliphatic hydroxyl groups is 1. The lowest BCUT2D eigenvalue weighted by molar-refractivity contribution is 0.192. The number of hydrogen-bond donors (Lipinski definition) is 2. The van der Waals surface area contributed by atoms with E-state index >= 15 is 0 Å². The zero-order valence-electron chi connectivity index (χ0n) is 18.7. The van der Waals surface area contributed by atoms with Crippen LogP contribution in [0.15, 0.2) is 42.6 Å². The Hall–Kier alpha value is -2.61. The van der Waals surface area contributed by atoms with Crippen molar-refractivity contribution in [1.29, 1.82) is 0 Å². The second-order valence-corrected chi connectivity index (χ2v) is 8.55. The fourth-order valence-corrected chi connectivity index (χ4v) is 4.34. The van der Waals surface area contributed by atoms with Crippen molar-refractivity contribution in [3.63, 3.8) is 0 Å². The Kier molecular flexibility index (Phi) is 7.85. The molecule has 3 aromatic rings. The summed E-state index contributed by atoms with van der Waals surface area (Å²) >= 11 is 6.10. The van der Waals surface area contributed by atoms with Crippen LogP contribution in [-0.2, 0) is 6.54 Å². The van der Waals surface area contributed by atoms with Gasteiger partial charge in [-0.3, -0.25) is 9.88 Å². The van der Waals surface area contributed by atoms with Gasteiger partial charge in [-0.25, -0.2) is 4.39 Å². The van der Waals surface area contributed by atoms with Crippen molar-refractivity contribution in [2.45, 2.75) is 32.4 Å². The first kappa shape index (κ1) is 23.5. The molecule has 0 atom stereocenters. The van der Waals surface area contributed by atoms with Crippen LogP contribution >= 0.6 is 11.6 Å². The minimum absolute atomic E-state index is 0.0964. The molecule has 1 aliphatic rings. The van der Waals surface area contributed by atoms with E-state index < -0.39 is 0 Å². The molecule has 2 heterocycles. The quantitative estimate of drug-likeness (QED) is 0.462. The Morgan fingerprint density at radius 1 is 1.15 bits per heavy atom. The highest BCUT2D eigenvalue weighted by atomic mass is 35.5. The molecule has 0 aliphatic carbocycles. The Bertz CT molecular complexity index is 1090. The number of benzene rings is 2. The van der Waals surface area contributed by atoms with Gasteiger partial charge in [0.2, 0.25) is 0 Å². The number of piperidine rings is 1. The largest absolute Gasteiger partial charge is 0.490 e. The SMILES string of the molecule is CCOc1cc(CN2CCC(Nc3ccnc4cc(Cl)ccc34)CC2)c(F)cc1OCCO. The van der Waals surface area contributed by atoms with E-state index in [4.69, 9.17) is 26.2 Å². The smallest absolute Gasteiger partial charge is 0.164 e. The highest BCUT2D eigenvalue weighted by molar-refractivity contribution is 6.31. The minimum Gasteiger partial charge on any atom is -0.490 e. The van der Waals surface area contributed by atoms with Gasteiger partial charge in [0, 0.05) is 59.6 Å². The molecule has 0 radical (unpaired) electrons. The number of ether oxygens (including phenoxy) is 2. The predicted molar refractivity (Wildman–Crippen MR) is 129 cm³/mol. The molecule has 1 fully saturated rings. The molecule has 176 valence electrons. The van der Waals surface area contributed by atoms with E-state index in [0.29, 0.717) is 41.3 Å². The van der Waals surface area contributed by atoms with Crippen molar-refractivity contribution in [2.24, 2.45) is 0 Å². The molecule has 4 rings (SSSR count). The van der Waals surface area contributed by atoms with Gasteiger partial charge in [0.15, 0.2) is 11.5 Å². The number of anilines is 1. The molecular formula is C25H29ClFN3O3. The van der Waals surface area contributed by atoms with Crippen LogP contribution in [0.1, 0.15) is 25.3 Å². The van der Waals surface area contributed by atoms with Crippen LogP contribution < -0.4 is 14.8 Å². The number of aromatic nitrogens is 1. The third-order valence-electron chi connectivity index (χ3n) is 5.81. The molecule has 0 spiro atoms. The maximum Gasteiger partial charge on any atom is 0.164 e. The Morgan fingerprint density at radius 3 is 2.70 bits per heavy atom. The van der Waals surface area contributed by atoms with Gasteiger partial charge in [-0.15, -0.1) is 0 Å². The average Bonchev–Trinajstić information content (AvgIpc) is 2.81. The van der Waals surface area contributed by atoms with Crippen molar-refractivity contribution >= 4 is 28.2 Å². The summed E-state index contributed by atoms with van der Waals surface area (Å²) in [6.07, 6.45) is 3.70. The Balaban J connectivity index is 1.38. The molecule has 2 aromatic carbocycles. The molecule has 0 unspecified atom stereocenters. The van der Waals surface area contributed by atoms with Gasteiger partial charge in [-0.05, 0) is 50.1 Å². The van der Waals surface area contributed by atoms with Crippen LogP contribution in [0.25, 0.3) is 10.9 Å². The molecule has 33 heavy (non-hydrogen) atoms. The number of rotatable bonds is 9. The standard InChI is InChI=1S/C25H29ClFN3O3/c1-2-32-24-13-17(21(27)15-25(24)33-12-11-31)16-30-9-6-19(7-10-30)29-22-5-8-28-23-14-18(26)3-4-20(22)23/h3-5,8,13-15,19,31H,2,6-7,9-12,16H2,1H3,(H,28,29). The van der Waals surface area contributed by atoms with Gasteiger partial charge in [-0.2, -0.15) is 0 Å². The van der Waals surface area contributed by atoms with Gasteiger partial charge in [0.1, 0.15) is 12.4 Å². The molecular weight excluding hydrogens is 445 g/mol. The number of pyridine rings is 1. The molecule has 1 aliphatic heterocycles. The van der Waals surface area contributed by atoms with E-state index in [9.17, 15) is 4.39 Å². The highest BCUT2D eigenvalue weighted by Crippen LogP contribution is 2.32. The molecule has 0 bridgehead atoms. The van der Waals surface area contributed by atoms with Crippen molar-refractivity contribution in [1.82, 2.24) is 9.88 Å². The lowest BCUT2D eigenvalue weighted by Gasteiger charge is -2.33. The Labute approximate surface area is 198 Å². The molecule has 0 saturated carbocycles. The van der Waals surface area contributed by atoms with E-state index in [1.807, 2.05) is 31.2 Å². The molecule has 1 aromatic heterocycles. The number of nitrogens with one attached hydrogen (secondary N) is 1. The monoisotopic (exact) mass is 473 g/mol. The molecule has 8 heteroatoms. The molecule has 2 N–H and O–H groups in total. The van der Waals surface area contributed by atoms with Crippen LogP contribution in [0, 0.1) is 5.82 Å². The van der Waals surface area contributed by atoms with E-state index in [2.05, 4.69) is 15.2 Å². The molecule has 6 nitrogen and oxygen atoms in total. The van der Waals surface area contributed by atoms with E-state index in [1.165, 1.54) is 6.07 Å². The first-order chi connectivity index (χ1) is 16.1. The number of fused-ring (bicyclic) bond motifs is 1. The zero-order valence-corrected chi connectivity index (χ0v) is 19.4. The summed E-state index contributed by atoms with van der Waals surface area (Å²) in [7, 11) is 0. The summed E-state index contributed by atoms with van der Waals surface area (Å²) in [5, 5.41) is 14.4. The fraction of sp³-hybridized carbons (Fsp3) is 0.400. The van der Waals surface area contributed by atoms with Crippen molar-refractivity contribution < 1.29 is 19.0 Å². The van der Waals surface area contributed by atoms with E-state index in [0.717, 1.165) is 42.5 Å². The van der Waals surface area contributed by atoms with Crippen molar-refractivity contribution in [3.8, 4) is 11.5 Å². The first-order valence-electron chi connectivity index (χ1n) is 11.3. The maximum absolute atomic E-state index is 14.7. The van der Waals surface area contributed by atoms with Crippen LogP contribution in [-0.4, -0.2) is 53.9 Å². The normalized spacial score (nSPS) is 15.0. The summed E-state index contributed by atoms with van der Waals surface area (Å²) in [5.74, 6) is 0.498. The van der Waals surface area contributed by atoms with Crippen LogP contribution in [0.2, 0.25) is 5.02 Å². The number of halogens is 2. The molecule has 1 saturated heterocycles. The van der Waals surface area contributed by atoms with Crippen molar-refractivity contribution in [3.05, 3.63) is 59.0 Å². The highest BCUT2D eigenvalue weighted by Gasteiger charge is 2.22. The van der Waals surface area contributed by atoms with Gasteiger partial charge in [-0.1, -0.05) is 11.6 Å². The van der Waals surface area contributed by atoms with Crippen LogP contribution in [0.3, 0.4) is 0 Å². The predicted octanol–water partition coefficient (Wildman–Crippen LogP) is 4.87. The van der Waals surface area contributed by atoms with Gasteiger partial charge in [0.25, 0.3) is 0 Å². The number of nitrogens with zero attached hydrogens (tertiary/aromatic N) is 2. The average molecular weight is 474 g/mol. The summed E-state index contributed by atoms with van der Waals surface area (Å²) < 4.78 is 25.8. The van der Waals surface area contributed by atoms with Crippen molar-refractivity contribution in [2.75, 3.05) is 38.2 Å². The number of likely N-dealkylation sites (tertiary alicyclic amines) is 1. The topological polar surface area (TPSA) is 66.9 Å². The van der Waals surface area contributed by atoms with Gasteiger partial charge in [0.05, 0.1) is 18.7 Å². The van der Waals surface area contributed by atoms with Crippen LogP contribution in [0.5, 0.6) is 11.5 Å². The van der Waals surface area contributed by atoms with E-state index in [1.54, 1.807) is 12.3 Å². The zero-order chi connectivity index (χ0) is 23.2. The summed E-state index contributed by atoms with van der Waals surface area (Å²) in [6, 6.07) is 11.1. The van der Waals surface area contributed by atoms with Crippen LogP contribution in [0.4, 0.5) is 10.1 Å². The number of hydrogen-bond acceptors (Lipinski definition) is 6. The molecule has 0 amide bonds.